The van der Waals surface area contributed by atoms with E-state index in [9.17, 15) is 14.7 Å². The first-order valence-corrected chi connectivity index (χ1v) is 10.5. The second-order valence-electron chi connectivity index (χ2n) is 7.75. The molecule has 1 atom stereocenters. The quantitative estimate of drug-likeness (QED) is 0.741. The topological polar surface area (TPSA) is 79.2 Å². The van der Waals surface area contributed by atoms with Gasteiger partial charge in [0.05, 0.1) is 12.5 Å². The number of hydrogen-bond acceptors (Lipinski definition) is 4. The Morgan fingerprint density at radius 3 is 2.43 bits per heavy atom. The fourth-order valence-electron chi connectivity index (χ4n) is 4.17. The van der Waals surface area contributed by atoms with E-state index in [0.717, 1.165) is 42.4 Å². The second kappa shape index (κ2) is 8.88. The molecule has 1 heterocycles. The Balaban J connectivity index is 1.50. The molecule has 1 aliphatic carbocycles. The molecular weight excluding hydrogens is 404 g/mol. The molecule has 1 unspecified atom stereocenters. The third-order valence-corrected chi connectivity index (χ3v) is 5.98. The summed E-state index contributed by atoms with van der Waals surface area (Å²) in [6.07, 6.45) is 4.12. The van der Waals surface area contributed by atoms with Gasteiger partial charge in [0, 0.05) is 10.6 Å². The molecule has 2 aromatic carbocycles. The van der Waals surface area contributed by atoms with Crippen LogP contribution in [0.25, 0.3) is 0 Å². The number of carbonyl (C=O) groups excluding carboxylic acids is 1. The highest BCUT2D eigenvalue weighted by molar-refractivity contribution is 6.30. The van der Waals surface area contributed by atoms with Crippen molar-refractivity contribution in [2.45, 2.75) is 38.1 Å². The minimum atomic E-state index is -0.768. The molecule has 1 fully saturated rings. The molecule has 0 radical (unpaired) electrons. The van der Waals surface area contributed by atoms with Crippen LogP contribution in [-0.2, 0) is 20.9 Å². The van der Waals surface area contributed by atoms with Gasteiger partial charge < -0.3 is 9.84 Å². The van der Waals surface area contributed by atoms with Crippen LogP contribution in [0.15, 0.2) is 53.6 Å². The van der Waals surface area contributed by atoms with Gasteiger partial charge in [-0.05, 0) is 54.2 Å². The van der Waals surface area contributed by atoms with Crippen LogP contribution in [0.1, 0.15) is 48.3 Å². The lowest BCUT2D eigenvalue weighted by molar-refractivity contribution is -0.140. The van der Waals surface area contributed by atoms with Gasteiger partial charge in [-0.2, -0.15) is 0 Å². The smallest absolute Gasteiger partial charge is 0.311 e. The summed E-state index contributed by atoms with van der Waals surface area (Å²) in [5, 5.41) is 16.1. The van der Waals surface area contributed by atoms with Crippen LogP contribution in [0.2, 0.25) is 5.02 Å². The van der Waals surface area contributed by atoms with E-state index in [2.05, 4.69) is 5.10 Å². The van der Waals surface area contributed by atoms with Gasteiger partial charge in [-0.3, -0.25) is 9.59 Å². The van der Waals surface area contributed by atoms with Crippen LogP contribution in [-0.4, -0.2) is 34.5 Å². The Morgan fingerprint density at radius 2 is 1.80 bits per heavy atom. The number of carboxylic acid groups (broad SMARTS) is 1. The van der Waals surface area contributed by atoms with Crippen LogP contribution in [0.4, 0.5) is 0 Å². The van der Waals surface area contributed by atoms with Gasteiger partial charge in [0.2, 0.25) is 5.90 Å². The van der Waals surface area contributed by atoms with Crippen molar-refractivity contribution in [1.29, 1.82) is 0 Å². The maximum atomic E-state index is 12.3. The molecular formula is C23H23ClN2O4. The summed E-state index contributed by atoms with van der Waals surface area (Å²) in [5.41, 5.74) is 2.44. The predicted molar refractivity (Wildman–Crippen MR) is 113 cm³/mol. The molecule has 2 aliphatic rings. The van der Waals surface area contributed by atoms with Gasteiger partial charge in [0.25, 0.3) is 5.91 Å². The highest BCUT2D eigenvalue weighted by atomic mass is 35.5. The minimum Gasteiger partial charge on any atom is -0.481 e. The summed E-state index contributed by atoms with van der Waals surface area (Å²) >= 11 is 5.92. The number of carbonyl (C=O) groups is 2. The van der Waals surface area contributed by atoms with Crippen molar-refractivity contribution in [3.05, 3.63) is 70.2 Å². The van der Waals surface area contributed by atoms with E-state index in [4.69, 9.17) is 16.3 Å². The Hall–Kier alpha value is -2.86. The molecule has 2 aromatic rings. The summed E-state index contributed by atoms with van der Waals surface area (Å²) in [5.74, 6) is -0.904. The van der Waals surface area contributed by atoms with Crippen molar-refractivity contribution in [2.75, 3.05) is 6.61 Å². The molecule has 1 saturated carbocycles. The van der Waals surface area contributed by atoms with Crippen molar-refractivity contribution >= 4 is 29.4 Å². The van der Waals surface area contributed by atoms with Gasteiger partial charge in [-0.25, -0.2) is 5.01 Å². The van der Waals surface area contributed by atoms with Crippen molar-refractivity contribution in [3.8, 4) is 0 Å². The average Bonchev–Trinajstić information content (AvgIpc) is 3.26. The molecule has 0 bridgehead atoms. The Labute approximate surface area is 180 Å². The summed E-state index contributed by atoms with van der Waals surface area (Å²) in [4.78, 5) is 24.1. The second-order valence-corrected chi connectivity index (χ2v) is 8.19. The normalized spacial score (nSPS) is 18.1. The van der Waals surface area contributed by atoms with Crippen molar-refractivity contribution in [3.63, 3.8) is 0 Å². The number of benzene rings is 2. The van der Waals surface area contributed by atoms with Crippen LogP contribution in [0, 0.1) is 5.92 Å². The van der Waals surface area contributed by atoms with E-state index in [-0.39, 0.29) is 18.4 Å². The molecule has 6 nitrogen and oxygen atoms in total. The maximum absolute atomic E-state index is 12.3. The SMILES string of the molecule is O=C(O)C(c1ccc(CN2N=C(c3ccc(Cl)cc3)OCC2=O)cc1)C1CCCC1. The Morgan fingerprint density at radius 1 is 1.13 bits per heavy atom. The lowest BCUT2D eigenvalue weighted by Gasteiger charge is -2.24. The minimum absolute atomic E-state index is 0.0810. The van der Waals surface area contributed by atoms with E-state index in [0.29, 0.717) is 17.5 Å². The molecule has 0 saturated heterocycles. The number of halogens is 1. The summed E-state index contributed by atoms with van der Waals surface area (Å²) in [6.45, 7) is 0.211. The number of nitrogens with zero attached hydrogens (tertiary/aromatic N) is 2. The Bertz CT molecular complexity index is 950. The molecule has 4 rings (SSSR count). The lowest BCUT2D eigenvalue weighted by Crippen LogP contribution is -2.36. The zero-order chi connectivity index (χ0) is 21.1. The van der Waals surface area contributed by atoms with Gasteiger partial charge >= 0.3 is 5.97 Å². The lowest BCUT2D eigenvalue weighted by atomic mass is 9.84. The van der Waals surface area contributed by atoms with Crippen LogP contribution >= 0.6 is 11.6 Å². The molecule has 30 heavy (non-hydrogen) atoms. The van der Waals surface area contributed by atoms with Crippen LogP contribution in [0.3, 0.4) is 0 Å². The molecule has 1 aliphatic heterocycles. The summed E-state index contributed by atoms with van der Waals surface area (Å²) in [7, 11) is 0. The van der Waals surface area contributed by atoms with Crippen molar-refractivity contribution in [2.24, 2.45) is 11.0 Å². The first-order chi connectivity index (χ1) is 14.5. The van der Waals surface area contributed by atoms with Gasteiger partial charge in [0.1, 0.15) is 0 Å². The van der Waals surface area contributed by atoms with Gasteiger partial charge in [0.15, 0.2) is 6.61 Å². The van der Waals surface area contributed by atoms with Crippen molar-refractivity contribution in [1.82, 2.24) is 5.01 Å². The summed E-state index contributed by atoms with van der Waals surface area (Å²) < 4.78 is 5.47. The molecule has 156 valence electrons. The van der Waals surface area contributed by atoms with E-state index in [1.165, 1.54) is 5.01 Å². The third-order valence-electron chi connectivity index (χ3n) is 5.73. The van der Waals surface area contributed by atoms with E-state index < -0.39 is 11.9 Å². The largest absolute Gasteiger partial charge is 0.481 e. The fourth-order valence-corrected chi connectivity index (χ4v) is 4.29. The first-order valence-electron chi connectivity index (χ1n) is 10.1. The highest BCUT2D eigenvalue weighted by Crippen LogP contribution is 2.37. The predicted octanol–water partition coefficient (Wildman–Crippen LogP) is 4.42. The molecule has 0 aromatic heterocycles. The molecule has 1 amide bonds. The number of carboxylic acids is 1. The van der Waals surface area contributed by atoms with E-state index in [1.807, 2.05) is 24.3 Å². The van der Waals surface area contributed by atoms with Gasteiger partial charge in [-0.1, -0.05) is 48.7 Å². The Kier molecular flexibility index (Phi) is 6.04. The number of aliphatic carboxylic acids is 1. The standard InChI is InChI=1S/C23H23ClN2O4/c24-19-11-9-18(10-12-19)22-25-26(20(27)14-30-22)13-15-5-7-17(8-6-15)21(23(28)29)16-3-1-2-4-16/h5-12,16,21H,1-4,13-14H2,(H,28,29). The number of hydrogen-bond donors (Lipinski definition) is 1. The monoisotopic (exact) mass is 426 g/mol. The zero-order valence-electron chi connectivity index (χ0n) is 16.5. The first kappa shape index (κ1) is 20.4. The number of ether oxygens (including phenoxy) is 1. The number of amides is 1. The van der Waals surface area contributed by atoms with Gasteiger partial charge in [-0.15, -0.1) is 5.10 Å². The van der Waals surface area contributed by atoms with Crippen LogP contribution < -0.4 is 0 Å². The highest BCUT2D eigenvalue weighted by Gasteiger charge is 2.32. The molecule has 0 spiro atoms. The van der Waals surface area contributed by atoms with E-state index in [1.54, 1.807) is 24.3 Å². The fraction of sp³-hybridized carbons (Fsp3) is 0.348. The summed E-state index contributed by atoms with van der Waals surface area (Å²) in [6, 6.07) is 14.5. The maximum Gasteiger partial charge on any atom is 0.311 e. The average molecular weight is 427 g/mol. The number of rotatable bonds is 6. The van der Waals surface area contributed by atoms with Crippen LogP contribution in [0.5, 0.6) is 0 Å². The van der Waals surface area contributed by atoms with Crippen molar-refractivity contribution < 1.29 is 19.4 Å². The zero-order valence-corrected chi connectivity index (χ0v) is 17.2. The molecule has 1 N–H and O–H groups in total. The molecule has 7 heteroatoms. The number of hydrazone groups is 1. The third kappa shape index (κ3) is 4.49. The van der Waals surface area contributed by atoms with E-state index >= 15 is 0 Å².